The van der Waals surface area contributed by atoms with E-state index in [0.717, 1.165) is 22.0 Å². The minimum atomic E-state index is 0.526. The summed E-state index contributed by atoms with van der Waals surface area (Å²) in [4.78, 5) is 4.44. The van der Waals surface area contributed by atoms with E-state index >= 15 is 0 Å². The predicted molar refractivity (Wildman–Crippen MR) is 78.6 cm³/mol. The molecule has 3 aromatic rings. The van der Waals surface area contributed by atoms with Crippen LogP contribution in [0.4, 0.5) is 5.69 Å². The van der Waals surface area contributed by atoms with E-state index in [-0.39, 0.29) is 0 Å². The van der Waals surface area contributed by atoms with Gasteiger partial charge in [-0.3, -0.25) is 0 Å². The number of nitrogens with zero attached hydrogens (tertiary/aromatic N) is 3. The summed E-state index contributed by atoms with van der Waals surface area (Å²) in [6.07, 6.45) is 1.33. The molecule has 1 N–H and O–H groups in total. The highest BCUT2D eigenvalue weighted by Gasteiger charge is 2.07. The number of nitrogens with one attached hydrogen (secondary N) is 1. The summed E-state index contributed by atoms with van der Waals surface area (Å²) in [6.45, 7) is 4.78. The van der Waals surface area contributed by atoms with Gasteiger partial charge in [0, 0.05) is 22.3 Å². The molecule has 0 atom stereocenters. The third kappa shape index (κ3) is 2.70. The first-order valence-electron chi connectivity index (χ1n) is 6.24. The van der Waals surface area contributed by atoms with Crippen molar-refractivity contribution in [2.45, 2.75) is 20.4 Å². The van der Waals surface area contributed by atoms with Crippen molar-refractivity contribution < 1.29 is 4.42 Å². The lowest BCUT2D eigenvalue weighted by atomic mass is 10.1. The molecule has 0 fully saturated rings. The second-order valence-corrected chi connectivity index (χ2v) is 5.45. The van der Waals surface area contributed by atoms with Crippen LogP contribution in [0, 0.1) is 13.8 Å². The van der Waals surface area contributed by atoms with Crippen LogP contribution in [0.15, 0.2) is 34.4 Å². The van der Waals surface area contributed by atoms with Crippen LogP contribution >= 0.6 is 11.3 Å². The Balaban J connectivity index is 1.80. The van der Waals surface area contributed by atoms with Crippen LogP contribution in [-0.2, 0) is 6.54 Å². The zero-order valence-electron chi connectivity index (χ0n) is 11.3. The zero-order chi connectivity index (χ0) is 13.9. The Morgan fingerprint density at radius 1 is 1.30 bits per heavy atom. The lowest BCUT2D eigenvalue weighted by Crippen LogP contribution is -2.01. The molecule has 2 aromatic heterocycles. The van der Waals surface area contributed by atoms with E-state index in [1.807, 2.05) is 25.1 Å². The molecular formula is C14H14N4OS. The molecule has 0 aliphatic heterocycles. The molecule has 0 saturated carbocycles. The normalized spacial score (nSPS) is 10.7. The summed E-state index contributed by atoms with van der Waals surface area (Å²) < 4.78 is 5.22. The molecule has 0 saturated heterocycles. The molecule has 0 aliphatic carbocycles. The molecular weight excluding hydrogens is 272 g/mol. The van der Waals surface area contributed by atoms with Crippen LogP contribution in [-0.4, -0.2) is 15.2 Å². The van der Waals surface area contributed by atoms with E-state index in [9.17, 15) is 0 Å². The maximum absolute atomic E-state index is 5.22. The number of aromatic nitrogens is 3. The molecule has 0 radical (unpaired) electrons. The largest absolute Gasteiger partial charge is 0.423 e. The van der Waals surface area contributed by atoms with Gasteiger partial charge in [0.2, 0.25) is 12.3 Å². The maximum atomic E-state index is 5.22. The summed E-state index contributed by atoms with van der Waals surface area (Å²) in [5.74, 6) is 0.526. The Kier molecular flexibility index (Phi) is 3.47. The smallest absolute Gasteiger partial charge is 0.247 e. The highest BCUT2D eigenvalue weighted by Crippen LogP contribution is 2.24. The number of rotatable bonds is 4. The minimum Gasteiger partial charge on any atom is -0.423 e. The number of anilines is 1. The van der Waals surface area contributed by atoms with Crippen LogP contribution in [0.25, 0.3) is 11.5 Å². The molecule has 0 bridgehead atoms. The second-order valence-electron chi connectivity index (χ2n) is 4.51. The number of thiazole rings is 1. The summed E-state index contributed by atoms with van der Waals surface area (Å²) in [5, 5.41) is 14.2. The average molecular weight is 286 g/mol. The average Bonchev–Trinajstić information content (AvgIpc) is 3.09. The second kappa shape index (κ2) is 5.42. The first-order chi connectivity index (χ1) is 9.72. The van der Waals surface area contributed by atoms with E-state index in [1.54, 1.807) is 11.3 Å². The van der Waals surface area contributed by atoms with Gasteiger partial charge in [0.1, 0.15) is 5.01 Å². The lowest BCUT2D eigenvalue weighted by molar-refractivity contribution is 0.568. The summed E-state index contributed by atoms with van der Waals surface area (Å²) in [5.41, 5.74) is 4.18. The maximum Gasteiger partial charge on any atom is 0.247 e. The first-order valence-corrected chi connectivity index (χ1v) is 7.12. The number of hydrogen-bond acceptors (Lipinski definition) is 6. The summed E-state index contributed by atoms with van der Waals surface area (Å²) in [6, 6.07) is 6.03. The molecule has 2 heterocycles. The minimum absolute atomic E-state index is 0.526. The molecule has 0 amide bonds. The van der Waals surface area contributed by atoms with E-state index < -0.39 is 0 Å². The van der Waals surface area contributed by atoms with Crippen molar-refractivity contribution in [1.29, 1.82) is 0 Å². The van der Waals surface area contributed by atoms with Gasteiger partial charge in [0.25, 0.3) is 0 Å². The van der Waals surface area contributed by atoms with E-state index in [2.05, 4.69) is 32.8 Å². The third-order valence-corrected chi connectivity index (χ3v) is 3.91. The Bertz CT molecular complexity index is 706. The predicted octanol–water partition coefficient (Wildman–Crippen LogP) is 3.42. The Morgan fingerprint density at radius 3 is 2.90 bits per heavy atom. The summed E-state index contributed by atoms with van der Waals surface area (Å²) >= 11 is 1.66. The fraction of sp³-hybridized carbons (Fsp3) is 0.214. The van der Waals surface area contributed by atoms with E-state index in [0.29, 0.717) is 12.4 Å². The Labute approximate surface area is 120 Å². The standard InChI is InChI=1S/C14H14N4OS/c1-9-3-4-11(14-18-16-8-19-14)5-12(9)15-6-13-17-10(2)7-20-13/h3-5,7-8,15H,6H2,1-2H3. The van der Waals surface area contributed by atoms with Gasteiger partial charge in [-0.25, -0.2) is 4.98 Å². The van der Waals surface area contributed by atoms with E-state index in [1.165, 1.54) is 12.0 Å². The number of benzene rings is 1. The molecule has 3 rings (SSSR count). The number of aryl methyl sites for hydroxylation is 2. The Morgan fingerprint density at radius 2 is 2.20 bits per heavy atom. The molecule has 1 aromatic carbocycles. The van der Waals surface area contributed by atoms with Crippen LogP contribution in [0.1, 0.15) is 16.3 Å². The highest BCUT2D eigenvalue weighted by atomic mass is 32.1. The van der Waals surface area contributed by atoms with Crippen molar-refractivity contribution in [3.05, 3.63) is 46.2 Å². The monoisotopic (exact) mass is 286 g/mol. The van der Waals surface area contributed by atoms with Crippen molar-refractivity contribution >= 4 is 17.0 Å². The van der Waals surface area contributed by atoms with Gasteiger partial charge >= 0.3 is 0 Å². The molecule has 0 unspecified atom stereocenters. The van der Waals surface area contributed by atoms with E-state index in [4.69, 9.17) is 4.42 Å². The van der Waals surface area contributed by atoms with Gasteiger partial charge in [0.05, 0.1) is 6.54 Å². The fourth-order valence-corrected chi connectivity index (χ4v) is 2.61. The van der Waals surface area contributed by atoms with Crippen molar-refractivity contribution in [3.8, 4) is 11.5 Å². The third-order valence-electron chi connectivity index (χ3n) is 2.94. The van der Waals surface area contributed by atoms with Gasteiger partial charge in [-0.2, -0.15) is 0 Å². The lowest BCUT2D eigenvalue weighted by Gasteiger charge is -2.09. The van der Waals surface area contributed by atoms with Gasteiger partial charge in [-0.1, -0.05) is 6.07 Å². The van der Waals surface area contributed by atoms with Gasteiger partial charge in [-0.05, 0) is 31.5 Å². The van der Waals surface area contributed by atoms with Crippen LogP contribution in [0.5, 0.6) is 0 Å². The van der Waals surface area contributed by atoms with Crippen molar-refractivity contribution in [3.63, 3.8) is 0 Å². The summed E-state index contributed by atoms with van der Waals surface area (Å²) in [7, 11) is 0. The molecule has 5 nitrogen and oxygen atoms in total. The number of hydrogen-bond donors (Lipinski definition) is 1. The highest BCUT2D eigenvalue weighted by molar-refractivity contribution is 7.09. The van der Waals surface area contributed by atoms with Crippen molar-refractivity contribution in [1.82, 2.24) is 15.2 Å². The van der Waals surface area contributed by atoms with Gasteiger partial charge in [-0.15, -0.1) is 21.5 Å². The van der Waals surface area contributed by atoms with Crippen molar-refractivity contribution in [2.75, 3.05) is 5.32 Å². The van der Waals surface area contributed by atoms with Crippen LogP contribution in [0.3, 0.4) is 0 Å². The SMILES string of the molecule is Cc1csc(CNc2cc(-c3nnco3)ccc2C)n1. The van der Waals surface area contributed by atoms with Crippen LogP contribution in [0.2, 0.25) is 0 Å². The molecule has 102 valence electrons. The van der Waals surface area contributed by atoms with Gasteiger partial charge in [0.15, 0.2) is 0 Å². The topological polar surface area (TPSA) is 63.8 Å². The van der Waals surface area contributed by atoms with Crippen molar-refractivity contribution in [2.24, 2.45) is 0 Å². The molecule has 0 spiro atoms. The fourth-order valence-electron chi connectivity index (χ4n) is 1.90. The van der Waals surface area contributed by atoms with Crippen LogP contribution < -0.4 is 5.32 Å². The molecule has 6 heteroatoms. The Hall–Kier alpha value is -2.21. The quantitative estimate of drug-likeness (QED) is 0.796. The first kappa shape index (κ1) is 12.8. The molecule has 20 heavy (non-hydrogen) atoms. The van der Waals surface area contributed by atoms with Gasteiger partial charge < -0.3 is 9.73 Å². The molecule has 0 aliphatic rings. The zero-order valence-corrected chi connectivity index (χ0v) is 12.1.